The monoisotopic (exact) mass is 498 g/mol. The van der Waals surface area contributed by atoms with Gasteiger partial charge in [-0.15, -0.1) is 11.3 Å². The molecular weight excluding hydrogens is 480 g/mol. The van der Waals surface area contributed by atoms with Crippen LogP contribution in [0.2, 0.25) is 5.02 Å². The molecule has 1 heterocycles. The number of rotatable bonds is 7. The molecule has 1 aromatic heterocycles. The molecule has 4 rings (SSSR count). The van der Waals surface area contributed by atoms with Gasteiger partial charge in [0.25, 0.3) is 0 Å². The minimum absolute atomic E-state index is 0.121. The number of carbonyl (C=O) groups is 2. The minimum atomic E-state index is -0.370. The quantitative estimate of drug-likeness (QED) is 0.259. The zero-order valence-corrected chi connectivity index (χ0v) is 19.8. The molecule has 0 aliphatic heterocycles. The standard InChI is InChI=1S/C23H19ClN4O3S2/c1-31-18-8-5-15(6-9-18)25-21(29)13-32-23-28-19-10-7-17(12-20(19)33-23)27-22(30)26-16-4-2-3-14(24)11-16/h2-12H,13H2,1H3,(H,25,29)(H2,26,27,30). The number of thioether (sulfide) groups is 1. The van der Waals surface area contributed by atoms with Gasteiger partial charge in [0.1, 0.15) is 5.75 Å². The zero-order valence-electron chi connectivity index (χ0n) is 17.4. The first-order valence-electron chi connectivity index (χ1n) is 9.79. The third-order valence-corrected chi connectivity index (χ3v) is 6.81. The number of halogens is 1. The Morgan fingerprint density at radius 1 is 0.970 bits per heavy atom. The predicted octanol–water partition coefficient (Wildman–Crippen LogP) is 6.33. The number of nitrogens with one attached hydrogen (secondary N) is 3. The lowest BCUT2D eigenvalue weighted by atomic mass is 10.3. The molecule has 0 aliphatic carbocycles. The van der Waals surface area contributed by atoms with Gasteiger partial charge in [0.15, 0.2) is 4.34 Å². The Morgan fingerprint density at radius 2 is 1.70 bits per heavy atom. The largest absolute Gasteiger partial charge is 0.497 e. The third-order valence-electron chi connectivity index (χ3n) is 4.41. The van der Waals surface area contributed by atoms with Crippen LogP contribution in [-0.2, 0) is 4.79 Å². The maximum atomic E-state index is 12.3. The molecule has 0 atom stereocenters. The van der Waals surface area contributed by atoms with Crippen LogP contribution < -0.4 is 20.7 Å². The molecule has 3 N–H and O–H groups in total. The smallest absolute Gasteiger partial charge is 0.323 e. The van der Waals surface area contributed by atoms with E-state index in [4.69, 9.17) is 16.3 Å². The summed E-state index contributed by atoms with van der Waals surface area (Å²) in [7, 11) is 1.59. The third kappa shape index (κ3) is 6.38. The van der Waals surface area contributed by atoms with Crippen molar-refractivity contribution in [1.29, 1.82) is 0 Å². The molecule has 4 aromatic rings. The van der Waals surface area contributed by atoms with Crippen LogP contribution in [0.4, 0.5) is 21.9 Å². The number of methoxy groups -OCH3 is 1. The van der Waals surface area contributed by atoms with Crippen LogP contribution >= 0.6 is 34.7 Å². The Bertz CT molecular complexity index is 1290. The number of carbonyl (C=O) groups excluding carboxylic acids is 2. The van der Waals surface area contributed by atoms with Crippen LogP contribution in [0.1, 0.15) is 0 Å². The number of aromatic nitrogens is 1. The number of ether oxygens (including phenoxy) is 1. The molecule has 3 aromatic carbocycles. The van der Waals surface area contributed by atoms with E-state index < -0.39 is 0 Å². The number of fused-ring (bicyclic) bond motifs is 1. The highest BCUT2D eigenvalue weighted by Crippen LogP contribution is 2.31. The number of thiazole rings is 1. The minimum Gasteiger partial charge on any atom is -0.497 e. The molecule has 7 nitrogen and oxygen atoms in total. The van der Waals surface area contributed by atoms with Crippen molar-refractivity contribution in [2.45, 2.75) is 4.34 Å². The Labute approximate surface area is 203 Å². The van der Waals surface area contributed by atoms with E-state index in [2.05, 4.69) is 20.9 Å². The molecule has 0 aliphatic rings. The average molecular weight is 499 g/mol. The molecule has 0 unspecified atom stereocenters. The van der Waals surface area contributed by atoms with Crippen molar-refractivity contribution in [2.24, 2.45) is 0 Å². The summed E-state index contributed by atoms with van der Waals surface area (Å²) in [4.78, 5) is 29.1. The number of hydrogen-bond donors (Lipinski definition) is 3. The number of amides is 3. The first kappa shape index (κ1) is 22.9. The van der Waals surface area contributed by atoms with Crippen LogP contribution in [0.25, 0.3) is 10.2 Å². The number of urea groups is 1. The molecule has 33 heavy (non-hydrogen) atoms. The SMILES string of the molecule is COc1ccc(NC(=O)CSc2nc3ccc(NC(=O)Nc4cccc(Cl)c4)cc3s2)cc1. The van der Waals surface area contributed by atoms with Gasteiger partial charge in [0.05, 0.1) is 23.1 Å². The zero-order chi connectivity index (χ0) is 23.2. The summed E-state index contributed by atoms with van der Waals surface area (Å²) in [6.07, 6.45) is 0. The second-order valence-electron chi connectivity index (χ2n) is 6.82. The Morgan fingerprint density at radius 3 is 2.42 bits per heavy atom. The van der Waals surface area contributed by atoms with Crippen molar-refractivity contribution in [3.63, 3.8) is 0 Å². The highest BCUT2D eigenvalue weighted by atomic mass is 35.5. The van der Waals surface area contributed by atoms with Gasteiger partial charge in [-0.3, -0.25) is 4.79 Å². The lowest BCUT2D eigenvalue weighted by Crippen LogP contribution is -2.19. The fourth-order valence-electron chi connectivity index (χ4n) is 2.90. The second kappa shape index (κ2) is 10.6. The molecule has 0 saturated carbocycles. The molecule has 0 saturated heterocycles. The van der Waals surface area contributed by atoms with Crippen molar-refractivity contribution in [1.82, 2.24) is 4.98 Å². The number of hydrogen-bond acceptors (Lipinski definition) is 6. The Balaban J connectivity index is 1.33. The molecular formula is C23H19ClN4O3S2. The number of benzene rings is 3. The van der Waals surface area contributed by atoms with E-state index in [1.54, 1.807) is 61.7 Å². The van der Waals surface area contributed by atoms with E-state index in [1.807, 2.05) is 12.1 Å². The molecule has 0 spiro atoms. The molecule has 0 bridgehead atoms. The Kier molecular flexibility index (Phi) is 7.33. The van der Waals surface area contributed by atoms with Crippen molar-refractivity contribution in [3.05, 3.63) is 71.8 Å². The number of anilines is 3. The van der Waals surface area contributed by atoms with Gasteiger partial charge in [0, 0.05) is 22.1 Å². The van der Waals surface area contributed by atoms with Gasteiger partial charge in [-0.05, 0) is 60.7 Å². The fraction of sp³-hybridized carbons (Fsp3) is 0.0870. The van der Waals surface area contributed by atoms with Gasteiger partial charge in [0.2, 0.25) is 5.91 Å². The lowest BCUT2D eigenvalue weighted by molar-refractivity contribution is -0.113. The topological polar surface area (TPSA) is 92.3 Å². The first-order valence-corrected chi connectivity index (χ1v) is 12.0. The summed E-state index contributed by atoms with van der Waals surface area (Å²) in [6.45, 7) is 0. The van der Waals surface area contributed by atoms with Gasteiger partial charge >= 0.3 is 6.03 Å². The van der Waals surface area contributed by atoms with Crippen LogP contribution in [-0.4, -0.2) is 29.8 Å². The molecule has 10 heteroatoms. The number of nitrogens with zero attached hydrogens (tertiary/aromatic N) is 1. The van der Waals surface area contributed by atoms with E-state index in [9.17, 15) is 9.59 Å². The maximum absolute atomic E-state index is 12.3. The fourth-order valence-corrected chi connectivity index (χ4v) is 5.00. The van der Waals surface area contributed by atoms with Crippen LogP contribution in [0.3, 0.4) is 0 Å². The summed E-state index contributed by atoms with van der Waals surface area (Å²) in [5.41, 5.74) is 2.75. The van der Waals surface area contributed by atoms with E-state index in [0.717, 1.165) is 20.3 Å². The van der Waals surface area contributed by atoms with Gasteiger partial charge in [-0.25, -0.2) is 9.78 Å². The highest BCUT2D eigenvalue weighted by molar-refractivity contribution is 8.01. The summed E-state index contributed by atoms with van der Waals surface area (Å²) in [5, 5.41) is 8.94. The van der Waals surface area contributed by atoms with Crippen LogP contribution in [0, 0.1) is 0 Å². The highest BCUT2D eigenvalue weighted by Gasteiger charge is 2.10. The summed E-state index contributed by atoms with van der Waals surface area (Å²) < 4.78 is 6.80. The van der Waals surface area contributed by atoms with Crippen molar-refractivity contribution in [2.75, 3.05) is 28.8 Å². The van der Waals surface area contributed by atoms with E-state index in [1.165, 1.54) is 23.1 Å². The Hall–Kier alpha value is -3.27. The van der Waals surface area contributed by atoms with Crippen molar-refractivity contribution in [3.8, 4) is 5.75 Å². The molecule has 0 fully saturated rings. The van der Waals surface area contributed by atoms with E-state index in [-0.39, 0.29) is 17.7 Å². The summed E-state index contributed by atoms with van der Waals surface area (Å²) >= 11 is 8.77. The van der Waals surface area contributed by atoms with Crippen LogP contribution in [0.15, 0.2) is 71.1 Å². The van der Waals surface area contributed by atoms with Gasteiger partial charge in [-0.2, -0.15) is 0 Å². The second-order valence-corrected chi connectivity index (χ2v) is 9.51. The summed E-state index contributed by atoms with van der Waals surface area (Å²) in [6, 6.07) is 19.2. The molecule has 3 amide bonds. The first-order chi connectivity index (χ1) is 16.0. The van der Waals surface area contributed by atoms with E-state index >= 15 is 0 Å². The average Bonchev–Trinajstić information content (AvgIpc) is 3.20. The maximum Gasteiger partial charge on any atom is 0.323 e. The van der Waals surface area contributed by atoms with Gasteiger partial charge < -0.3 is 20.7 Å². The molecule has 0 radical (unpaired) electrons. The molecule has 168 valence electrons. The lowest BCUT2D eigenvalue weighted by Gasteiger charge is -2.07. The van der Waals surface area contributed by atoms with Gasteiger partial charge in [-0.1, -0.05) is 29.4 Å². The van der Waals surface area contributed by atoms with Crippen molar-refractivity contribution < 1.29 is 14.3 Å². The normalized spacial score (nSPS) is 10.6. The predicted molar refractivity (Wildman–Crippen MR) is 136 cm³/mol. The van der Waals surface area contributed by atoms with Crippen LogP contribution in [0.5, 0.6) is 5.75 Å². The van der Waals surface area contributed by atoms with E-state index in [0.29, 0.717) is 22.1 Å². The summed E-state index contributed by atoms with van der Waals surface area (Å²) in [5.74, 6) is 0.844. The van der Waals surface area contributed by atoms with Crippen molar-refractivity contribution >= 4 is 73.9 Å².